The first-order chi connectivity index (χ1) is 9.89. The van der Waals surface area contributed by atoms with Crippen molar-refractivity contribution in [3.05, 3.63) is 34.2 Å². The summed E-state index contributed by atoms with van der Waals surface area (Å²) in [4.78, 5) is 0.753. The van der Waals surface area contributed by atoms with Gasteiger partial charge in [0.25, 0.3) is 0 Å². The summed E-state index contributed by atoms with van der Waals surface area (Å²) in [5.41, 5.74) is -2.70. The maximum atomic E-state index is 13.8. The quantitative estimate of drug-likeness (QED) is 0.569. The smallest absolute Gasteiger partial charge is 0.160 e. The highest BCUT2D eigenvalue weighted by Gasteiger charge is 2.57. The molecule has 1 saturated carbocycles. The van der Waals surface area contributed by atoms with Gasteiger partial charge in [0.15, 0.2) is 0 Å². The van der Waals surface area contributed by atoms with E-state index in [4.69, 9.17) is 10.7 Å². The van der Waals surface area contributed by atoms with Crippen LogP contribution in [0.3, 0.4) is 0 Å². The van der Waals surface area contributed by atoms with Crippen molar-refractivity contribution in [3.8, 4) is 0 Å². The third kappa shape index (κ3) is 2.22. The van der Waals surface area contributed by atoms with Crippen LogP contribution in [0.2, 0.25) is 0 Å². The molecule has 1 aliphatic carbocycles. The average Bonchev–Trinajstić information content (AvgIpc) is 3.04. The van der Waals surface area contributed by atoms with E-state index >= 15 is 0 Å². The molecule has 0 radical (unpaired) electrons. The zero-order valence-electron chi connectivity index (χ0n) is 11.8. The second-order valence-electron chi connectivity index (χ2n) is 5.69. The molecule has 116 valence electrons. The zero-order chi connectivity index (χ0) is 15.3. The van der Waals surface area contributed by atoms with E-state index in [1.165, 1.54) is 0 Å². The van der Waals surface area contributed by atoms with Crippen LogP contribution < -0.4 is 0 Å². The van der Waals surface area contributed by atoms with Crippen molar-refractivity contribution in [3.63, 3.8) is 0 Å². The third-order valence-corrected chi connectivity index (χ3v) is 8.79. The number of fused-ring (bicyclic) bond motifs is 1. The SMILES string of the molecule is CCc1cccc2c1C=C(C1CCCC1)S2(Cl)C(F)(F)F. The summed E-state index contributed by atoms with van der Waals surface area (Å²) in [5, 5.41) is 0. The number of alkyl halides is 3. The maximum Gasteiger partial charge on any atom is 0.445 e. The molecule has 0 N–H and O–H groups in total. The van der Waals surface area contributed by atoms with Gasteiger partial charge in [0.1, 0.15) is 0 Å². The monoisotopic (exact) mass is 334 g/mol. The standard InChI is InChI=1S/C16H18ClF3S/c1-2-11-8-5-9-14-13(11)10-15(12-6-3-4-7-12)21(14,17)16(18,19)20/h5,8-10,12H,2-4,6-7H2,1H3. The van der Waals surface area contributed by atoms with Crippen LogP contribution in [0.5, 0.6) is 0 Å². The van der Waals surface area contributed by atoms with Crippen molar-refractivity contribution < 1.29 is 13.2 Å². The molecule has 1 aliphatic heterocycles. The lowest BCUT2D eigenvalue weighted by Gasteiger charge is -2.36. The molecule has 0 bridgehead atoms. The molecule has 0 spiro atoms. The van der Waals surface area contributed by atoms with Gasteiger partial charge < -0.3 is 0 Å². The fraction of sp³-hybridized carbons (Fsp3) is 0.500. The lowest BCUT2D eigenvalue weighted by Crippen LogP contribution is -2.19. The molecule has 1 aromatic carbocycles. The molecule has 1 aromatic rings. The van der Waals surface area contributed by atoms with E-state index in [0.717, 1.165) is 43.2 Å². The number of hydrogen-bond donors (Lipinski definition) is 0. The highest BCUT2D eigenvalue weighted by Crippen LogP contribution is 2.81. The lowest BCUT2D eigenvalue weighted by atomic mass is 10.0. The Balaban J connectivity index is 2.19. The summed E-state index contributed by atoms with van der Waals surface area (Å²) >= 11 is 0. The van der Waals surface area contributed by atoms with Gasteiger partial charge in [-0.1, -0.05) is 31.9 Å². The van der Waals surface area contributed by atoms with Crippen LogP contribution in [-0.4, -0.2) is 5.51 Å². The molecule has 1 heterocycles. The summed E-state index contributed by atoms with van der Waals surface area (Å²) in [7, 11) is 2.94. The minimum atomic E-state index is -4.39. The van der Waals surface area contributed by atoms with Crippen molar-refractivity contribution in [2.45, 2.75) is 49.4 Å². The van der Waals surface area contributed by atoms with E-state index in [9.17, 15) is 13.2 Å². The number of allylic oxidation sites excluding steroid dienone is 1. The first-order valence-corrected chi connectivity index (χ1v) is 9.78. The molecule has 1 unspecified atom stereocenters. The Labute approximate surface area is 129 Å². The number of hydrogen-bond acceptors (Lipinski definition) is 0. The molecule has 3 rings (SSSR count). The Kier molecular flexibility index (Phi) is 3.81. The second-order valence-corrected chi connectivity index (χ2v) is 9.53. The number of benzene rings is 1. The number of halogens is 4. The predicted octanol–water partition coefficient (Wildman–Crippen LogP) is 6.63. The van der Waals surface area contributed by atoms with Gasteiger partial charge >= 0.3 is 5.51 Å². The normalized spacial score (nSPS) is 29.1. The highest BCUT2D eigenvalue weighted by atomic mass is 35.7. The molecule has 2 aliphatic rings. The first kappa shape index (κ1) is 15.3. The fourth-order valence-electron chi connectivity index (χ4n) is 3.47. The van der Waals surface area contributed by atoms with Crippen LogP contribution in [0, 0.1) is 5.92 Å². The van der Waals surface area contributed by atoms with Gasteiger partial charge in [0.2, 0.25) is 0 Å². The molecule has 0 aromatic heterocycles. The van der Waals surface area contributed by atoms with Gasteiger partial charge in [-0.3, -0.25) is 0 Å². The summed E-state index contributed by atoms with van der Waals surface area (Å²) in [6.07, 6.45) is 6.16. The summed E-state index contributed by atoms with van der Waals surface area (Å²) < 4.78 is 41.5. The highest BCUT2D eigenvalue weighted by molar-refractivity contribution is 8.54. The van der Waals surface area contributed by atoms with Crippen LogP contribution in [0.1, 0.15) is 43.7 Å². The Morgan fingerprint density at radius 1 is 1.24 bits per heavy atom. The average molecular weight is 335 g/mol. The molecule has 0 saturated heterocycles. The molecule has 5 heteroatoms. The van der Waals surface area contributed by atoms with Crippen molar-refractivity contribution in [1.82, 2.24) is 0 Å². The van der Waals surface area contributed by atoms with E-state index in [-0.39, 0.29) is 5.92 Å². The van der Waals surface area contributed by atoms with Crippen molar-refractivity contribution in [2.75, 3.05) is 0 Å². The van der Waals surface area contributed by atoms with Crippen LogP contribution in [0.4, 0.5) is 13.2 Å². The van der Waals surface area contributed by atoms with Gasteiger partial charge in [0.05, 0.1) is 0 Å². The lowest BCUT2D eigenvalue weighted by molar-refractivity contribution is -0.0360. The fourth-order valence-corrected chi connectivity index (χ4v) is 6.89. The first-order valence-electron chi connectivity index (χ1n) is 7.32. The Bertz CT molecular complexity index is 588. The summed E-state index contributed by atoms with van der Waals surface area (Å²) in [6, 6.07) is 5.18. The largest absolute Gasteiger partial charge is 0.445 e. The zero-order valence-corrected chi connectivity index (χ0v) is 13.4. The number of aryl methyl sites for hydroxylation is 1. The van der Waals surface area contributed by atoms with Crippen LogP contribution in [0.15, 0.2) is 28.0 Å². The van der Waals surface area contributed by atoms with Gasteiger partial charge in [-0.15, -0.1) is 0 Å². The van der Waals surface area contributed by atoms with Crippen molar-refractivity contribution >= 4 is 26.0 Å². The van der Waals surface area contributed by atoms with Crippen molar-refractivity contribution in [2.24, 2.45) is 5.92 Å². The molecular formula is C16H18ClF3S. The van der Waals surface area contributed by atoms with Gasteiger partial charge in [-0.25, -0.2) is 0 Å². The van der Waals surface area contributed by atoms with E-state index in [0.29, 0.717) is 9.80 Å². The third-order valence-electron chi connectivity index (χ3n) is 4.53. The van der Waals surface area contributed by atoms with E-state index in [1.54, 1.807) is 18.2 Å². The Morgan fingerprint density at radius 3 is 2.48 bits per heavy atom. The molecule has 0 nitrogen and oxygen atoms in total. The minimum absolute atomic E-state index is 0.00349. The molecule has 1 fully saturated rings. The second kappa shape index (κ2) is 5.24. The van der Waals surface area contributed by atoms with Crippen LogP contribution in [-0.2, 0) is 6.42 Å². The minimum Gasteiger partial charge on any atom is -0.160 e. The number of rotatable bonds is 2. The van der Waals surface area contributed by atoms with Crippen LogP contribution >= 0.6 is 19.9 Å². The Morgan fingerprint density at radius 2 is 1.90 bits per heavy atom. The van der Waals surface area contributed by atoms with E-state index < -0.39 is 14.7 Å². The van der Waals surface area contributed by atoms with E-state index in [2.05, 4.69) is 0 Å². The van der Waals surface area contributed by atoms with Gasteiger partial charge in [-0.2, -0.15) is 13.2 Å². The molecular weight excluding hydrogens is 317 g/mol. The van der Waals surface area contributed by atoms with Gasteiger partial charge in [-0.05, 0) is 73.3 Å². The molecule has 1 atom stereocenters. The van der Waals surface area contributed by atoms with Crippen LogP contribution in [0.25, 0.3) is 6.08 Å². The van der Waals surface area contributed by atoms with Gasteiger partial charge in [0, 0.05) is 4.90 Å². The summed E-state index contributed by atoms with van der Waals surface area (Å²) in [6.45, 7) is 1.97. The molecule has 21 heavy (non-hydrogen) atoms. The maximum absolute atomic E-state index is 13.8. The predicted molar refractivity (Wildman–Crippen MR) is 83.5 cm³/mol. The van der Waals surface area contributed by atoms with E-state index in [1.807, 2.05) is 13.0 Å². The summed E-state index contributed by atoms with van der Waals surface area (Å²) in [5.74, 6) is -0.00349. The van der Waals surface area contributed by atoms with Crippen molar-refractivity contribution in [1.29, 1.82) is 0 Å². The topological polar surface area (TPSA) is 0 Å². The Hall–Kier alpha value is -0.610. The molecule has 0 amide bonds.